The highest BCUT2D eigenvalue weighted by Gasteiger charge is 2.18. The number of nitrogens with zero attached hydrogens (tertiary/aromatic N) is 2. The molecule has 2 aromatic rings. The van der Waals surface area contributed by atoms with E-state index >= 15 is 0 Å². The highest BCUT2D eigenvalue weighted by molar-refractivity contribution is 6.31. The molecule has 1 aliphatic heterocycles. The average molecular weight is 248 g/mol. The molecule has 1 N–H and O–H groups in total. The summed E-state index contributed by atoms with van der Waals surface area (Å²) >= 11 is 5.98. The van der Waals surface area contributed by atoms with E-state index in [1.165, 1.54) is 12.8 Å². The van der Waals surface area contributed by atoms with Crippen LogP contribution in [-0.2, 0) is 0 Å². The van der Waals surface area contributed by atoms with Gasteiger partial charge < -0.3 is 5.32 Å². The monoisotopic (exact) mass is 247 g/mol. The molecular formula is C13H14ClN3. The Morgan fingerprint density at radius 3 is 3.00 bits per heavy atom. The van der Waals surface area contributed by atoms with Gasteiger partial charge in [0, 0.05) is 10.4 Å². The smallest absolute Gasteiger partial charge is 0.116 e. The maximum atomic E-state index is 5.98. The molecule has 1 aromatic carbocycles. The summed E-state index contributed by atoms with van der Waals surface area (Å²) in [5, 5.41) is 5.35. The first-order valence-corrected chi connectivity index (χ1v) is 6.36. The lowest BCUT2D eigenvalue weighted by Crippen LogP contribution is -2.27. The van der Waals surface area contributed by atoms with Gasteiger partial charge in [0.2, 0.25) is 0 Å². The quantitative estimate of drug-likeness (QED) is 0.842. The number of halogens is 1. The van der Waals surface area contributed by atoms with Crippen LogP contribution in [0.4, 0.5) is 0 Å². The van der Waals surface area contributed by atoms with Crippen molar-refractivity contribution in [2.75, 3.05) is 6.54 Å². The van der Waals surface area contributed by atoms with E-state index in [0.717, 1.165) is 34.6 Å². The van der Waals surface area contributed by atoms with E-state index in [9.17, 15) is 0 Å². The molecule has 0 bridgehead atoms. The van der Waals surface area contributed by atoms with Crippen LogP contribution < -0.4 is 5.32 Å². The summed E-state index contributed by atoms with van der Waals surface area (Å²) in [5.74, 6) is 0. The van der Waals surface area contributed by atoms with Gasteiger partial charge in [0.25, 0.3) is 0 Å². The lowest BCUT2D eigenvalue weighted by atomic mass is 9.99. The first-order valence-electron chi connectivity index (χ1n) is 5.98. The van der Waals surface area contributed by atoms with Gasteiger partial charge in [-0.25, -0.2) is 9.97 Å². The molecule has 88 valence electrons. The second-order valence-electron chi connectivity index (χ2n) is 4.42. The largest absolute Gasteiger partial charge is 0.309 e. The predicted molar refractivity (Wildman–Crippen MR) is 69.1 cm³/mol. The minimum absolute atomic E-state index is 0.357. The number of nitrogens with one attached hydrogen (secondary N) is 1. The molecule has 3 rings (SSSR count). The van der Waals surface area contributed by atoms with Crippen molar-refractivity contribution in [3.63, 3.8) is 0 Å². The van der Waals surface area contributed by atoms with Crippen molar-refractivity contribution in [2.45, 2.75) is 25.3 Å². The van der Waals surface area contributed by atoms with Crippen LogP contribution in [0, 0.1) is 0 Å². The van der Waals surface area contributed by atoms with Crippen molar-refractivity contribution in [1.82, 2.24) is 15.3 Å². The summed E-state index contributed by atoms with van der Waals surface area (Å²) in [6.07, 6.45) is 5.29. The topological polar surface area (TPSA) is 37.8 Å². The van der Waals surface area contributed by atoms with Crippen LogP contribution >= 0.6 is 11.6 Å². The molecule has 1 aliphatic rings. The summed E-state index contributed by atoms with van der Waals surface area (Å²) in [7, 11) is 0. The predicted octanol–water partition coefficient (Wildman–Crippen LogP) is 3.10. The lowest BCUT2D eigenvalue weighted by molar-refractivity contribution is 0.407. The fourth-order valence-corrected chi connectivity index (χ4v) is 2.58. The van der Waals surface area contributed by atoms with E-state index in [4.69, 9.17) is 11.6 Å². The van der Waals surface area contributed by atoms with Gasteiger partial charge in [-0.2, -0.15) is 0 Å². The van der Waals surface area contributed by atoms with E-state index in [1.54, 1.807) is 6.33 Å². The molecule has 3 nitrogen and oxygen atoms in total. The van der Waals surface area contributed by atoms with Crippen LogP contribution in [0.1, 0.15) is 31.0 Å². The van der Waals surface area contributed by atoms with Gasteiger partial charge in [0.15, 0.2) is 0 Å². The number of hydrogen-bond donors (Lipinski definition) is 1. The molecule has 4 heteroatoms. The highest BCUT2D eigenvalue weighted by atomic mass is 35.5. The molecule has 1 fully saturated rings. The van der Waals surface area contributed by atoms with Crippen LogP contribution in [-0.4, -0.2) is 16.5 Å². The minimum Gasteiger partial charge on any atom is -0.309 e. The Balaban J connectivity index is 2.09. The lowest BCUT2D eigenvalue weighted by Gasteiger charge is -2.23. The third kappa shape index (κ3) is 2.13. The summed E-state index contributed by atoms with van der Waals surface area (Å²) in [5.41, 5.74) is 2.03. The Bertz CT molecular complexity index is 535. The third-order valence-electron chi connectivity index (χ3n) is 3.27. The first-order chi connectivity index (χ1) is 8.34. The maximum absolute atomic E-state index is 5.98. The minimum atomic E-state index is 0.357. The summed E-state index contributed by atoms with van der Waals surface area (Å²) < 4.78 is 0. The second-order valence-corrected chi connectivity index (χ2v) is 4.86. The average Bonchev–Trinajstić information content (AvgIpc) is 2.39. The highest BCUT2D eigenvalue weighted by Crippen LogP contribution is 2.27. The van der Waals surface area contributed by atoms with Crippen LogP contribution in [0.2, 0.25) is 5.02 Å². The van der Waals surface area contributed by atoms with Gasteiger partial charge in [-0.3, -0.25) is 0 Å². The second kappa shape index (κ2) is 4.59. The van der Waals surface area contributed by atoms with Gasteiger partial charge in [-0.05, 0) is 37.6 Å². The van der Waals surface area contributed by atoms with Crippen molar-refractivity contribution in [3.8, 4) is 0 Å². The Morgan fingerprint density at radius 2 is 2.18 bits per heavy atom. The van der Waals surface area contributed by atoms with Crippen LogP contribution in [0.25, 0.3) is 10.9 Å². The molecular weight excluding hydrogens is 234 g/mol. The van der Waals surface area contributed by atoms with E-state index < -0.39 is 0 Å². The van der Waals surface area contributed by atoms with Gasteiger partial charge in [-0.1, -0.05) is 18.0 Å². The Morgan fingerprint density at radius 1 is 1.24 bits per heavy atom. The molecule has 1 saturated heterocycles. The molecule has 1 atom stereocenters. The number of fused-ring (bicyclic) bond motifs is 1. The third-order valence-corrected chi connectivity index (χ3v) is 3.50. The van der Waals surface area contributed by atoms with E-state index in [0.29, 0.717) is 6.04 Å². The normalized spacial score (nSPS) is 20.6. The van der Waals surface area contributed by atoms with Gasteiger partial charge in [-0.15, -0.1) is 0 Å². The summed E-state index contributed by atoms with van der Waals surface area (Å²) in [4.78, 5) is 8.72. The SMILES string of the molecule is Clc1ccc2c(C3CCCCN3)ncnc2c1. The standard InChI is InChI=1S/C13H14ClN3/c14-9-4-5-10-12(7-9)16-8-17-13(10)11-3-1-2-6-15-11/h4-5,7-8,11,15H,1-3,6H2. The van der Waals surface area contributed by atoms with Crippen molar-refractivity contribution < 1.29 is 0 Å². The Kier molecular flexibility index (Phi) is 2.95. The molecule has 0 amide bonds. The van der Waals surface area contributed by atoms with Crippen molar-refractivity contribution in [1.29, 1.82) is 0 Å². The fourth-order valence-electron chi connectivity index (χ4n) is 2.41. The molecule has 2 heterocycles. The fraction of sp³-hybridized carbons (Fsp3) is 0.385. The zero-order valence-corrected chi connectivity index (χ0v) is 10.2. The van der Waals surface area contributed by atoms with Crippen molar-refractivity contribution in [2.24, 2.45) is 0 Å². The molecule has 0 spiro atoms. The first kappa shape index (κ1) is 10.9. The number of piperidine rings is 1. The summed E-state index contributed by atoms with van der Waals surface area (Å²) in [6, 6.07) is 6.17. The van der Waals surface area contributed by atoms with E-state index in [-0.39, 0.29) is 0 Å². The van der Waals surface area contributed by atoms with E-state index in [2.05, 4.69) is 15.3 Å². The molecule has 0 radical (unpaired) electrons. The van der Waals surface area contributed by atoms with E-state index in [1.807, 2.05) is 18.2 Å². The van der Waals surface area contributed by atoms with Gasteiger partial charge in [0.1, 0.15) is 6.33 Å². The van der Waals surface area contributed by atoms with Crippen molar-refractivity contribution >= 4 is 22.5 Å². The number of hydrogen-bond acceptors (Lipinski definition) is 3. The zero-order chi connectivity index (χ0) is 11.7. The van der Waals surface area contributed by atoms with Gasteiger partial charge in [0.05, 0.1) is 17.3 Å². The molecule has 1 unspecified atom stereocenters. The maximum Gasteiger partial charge on any atom is 0.116 e. The zero-order valence-electron chi connectivity index (χ0n) is 9.49. The molecule has 0 aliphatic carbocycles. The van der Waals surface area contributed by atoms with Gasteiger partial charge >= 0.3 is 0 Å². The van der Waals surface area contributed by atoms with Crippen LogP contribution in [0.3, 0.4) is 0 Å². The molecule has 0 saturated carbocycles. The molecule has 17 heavy (non-hydrogen) atoms. The van der Waals surface area contributed by atoms with Crippen molar-refractivity contribution in [3.05, 3.63) is 35.2 Å². The Labute approximate surface area is 105 Å². The summed E-state index contributed by atoms with van der Waals surface area (Å²) in [6.45, 7) is 1.07. The number of aromatic nitrogens is 2. The van der Waals surface area contributed by atoms with Crippen LogP contribution in [0.15, 0.2) is 24.5 Å². The van der Waals surface area contributed by atoms with Crippen LogP contribution in [0.5, 0.6) is 0 Å². The number of benzene rings is 1. The Hall–Kier alpha value is -1.19. The number of rotatable bonds is 1. The molecule has 1 aromatic heterocycles.